The zero-order chi connectivity index (χ0) is 18.2. The maximum Gasteiger partial charge on any atom is 0.198 e. The predicted molar refractivity (Wildman–Crippen MR) is 98.7 cm³/mol. The minimum atomic E-state index is -1.55. The smallest absolute Gasteiger partial charge is 0.198 e. The molecule has 2 aromatic rings. The van der Waals surface area contributed by atoms with Crippen LogP contribution in [0.25, 0.3) is 0 Å². The van der Waals surface area contributed by atoms with Crippen LogP contribution >= 0.6 is 0 Å². The number of hydrogen-bond acceptors (Lipinski definition) is 3. The van der Waals surface area contributed by atoms with Crippen molar-refractivity contribution in [1.29, 1.82) is 0 Å². The first-order valence-electron chi connectivity index (χ1n) is 9.05. The van der Waals surface area contributed by atoms with Gasteiger partial charge in [-0.1, -0.05) is 88.4 Å². The molecule has 5 atom stereocenters. The van der Waals surface area contributed by atoms with E-state index in [1.807, 2.05) is 74.5 Å². The van der Waals surface area contributed by atoms with Crippen molar-refractivity contribution in [1.82, 2.24) is 0 Å². The SMILES string of the molecule is CC(C)C1OC(O)(c2ccccc2)C(C)C(O)(c2ccccc2)C1C. The van der Waals surface area contributed by atoms with Gasteiger partial charge in [-0.2, -0.15) is 0 Å². The second-order valence-corrected chi connectivity index (χ2v) is 7.59. The van der Waals surface area contributed by atoms with E-state index in [9.17, 15) is 10.2 Å². The Hall–Kier alpha value is -1.68. The van der Waals surface area contributed by atoms with Gasteiger partial charge in [-0.25, -0.2) is 0 Å². The third-order valence-electron chi connectivity index (χ3n) is 5.83. The summed E-state index contributed by atoms with van der Waals surface area (Å²) >= 11 is 0. The number of benzene rings is 2. The Kier molecular flexibility index (Phi) is 4.76. The van der Waals surface area contributed by atoms with Crippen LogP contribution in [0.15, 0.2) is 60.7 Å². The van der Waals surface area contributed by atoms with Crippen molar-refractivity contribution in [2.45, 2.75) is 45.2 Å². The van der Waals surface area contributed by atoms with Gasteiger partial charge in [0.15, 0.2) is 5.79 Å². The highest BCUT2D eigenvalue weighted by atomic mass is 16.6. The Morgan fingerprint density at radius 1 is 0.840 bits per heavy atom. The molecule has 0 amide bonds. The average Bonchev–Trinajstić information content (AvgIpc) is 2.64. The van der Waals surface area contributed by atoms with Crippen LogP contribution in [0.5, 0.6) is 0 Å². The predicted octanol–water partition coefficient (Wildman–Crippen LogP) is 4.05. The van der Waals surface area contributed by atoms with Crippen molar-refractivity contribution in [3.8, 4) is 0 Å². The first-order chi connectivity index (χ1) is 11.8. The van der Waals surface area contributed by atoms with Gasteiger partial charge in [0.25, 0.3) is 0 Å². The largest absolute Gasteiger partial charge is 0.384 e. The van der Waals surface area contributed by atoms with E-state index in [1.165, 1.54) is 0 Å². The normalized spacial score (nSPS) is 35.7. The second-order valence-electron chi connectivity index (χ2n) is 7.59. The zero-order valence-corrected chi connectivity index (χ0v) is 15.4. The van der Waals surface area contributed by atoms with Crippen molar-refractivity contribution in [2.75, 3.05) is 0 Å². The van der Waals surface area contributed by atoms with Gasteiger partial charge < -0.3 is 14.9 Å². The fraction of sp³-hybridized carbons (Fsp3) is 0.455. The van der Waals surface area contributed by atoms with Gasteiger partial charge in [-0.05, 0) is 11.5 Å². The van der Waals surface area contributed by atoms with Crippen molar-refractivity contribution in [2.24, 2.45) is 17.8 Å². The van der Waals surface area contributed by atoms with Gasteiger partial charge in [-0.15, -0.1) is 0 Å². The Labute approximate surface area is 150 Å². The number of aliphatic hydroxyl groups is 2. The van der Waals surface area contributed by atoms with Crippen LogP contribution in [0.4, 0.5) is 0 Å². The van der Waals surface area contributed by atoms with E-state index < -0.39 is 17.3 Å². The Bertz CT molecular complexity index is 700. The summed E-state index contributed by atoms with van der Waals surface area (Å²) in [5, 5.41) is 23.4. The highest BCUT2D eigenvalue weighted by molar-refractivity contribution is 5.30. The van der Waals surface area contributed by atoms with Crippen LogP contribution in [-0.4, -0.2) is 16.3 Å². The standard InChI is InChI=1S/C22H28O3/c1-15(2)20-16(3)21(23,18-11-7-5-8-12-18)17(4)22(24,25-20)19-13-9-6-10-14-19/h5-17,20,23-24H,1-4H3. The van der Waals surface area contributed by atoms with Crippen LogP contribution < -0.4 is 0 Å². The monoisotopic (exact) mass is 340 g/mol. The molecule has 3 rings (SSSR count). The van der Waals surface area contributed by atoms with E-state index in [2.05, 4.69) is 13.8 Å². The van der Waals surface area contributed by atoms with Crippen LogP contribution in [0.1, 0.15) is 38.8 Å². The topological polar surface area (TPSA) is 49.7 Å². The second kappa shape index (κ2) is 6.56. The molecule has 0 bridgehead atoms. The molecule has 1 heterocycles. The molecular weight excluding hydrogens is 312 g/mol. The molecule has 2 N–H and O–H groups in total. The summed E-state index contributed by atoms with van der Waals surface area (Å²) in [4.78, 5) is 0. The fourth-order valence-electron chi connectivity index (χ4n) is 4.28. The summed E-state index contributed by atoms with van der Waals surface area (Å²) < 4.78 is 6.26. The third-order valence-corrected chi connectivity index (χ3v) is 5.83. The molecule has 0 spiro atoms. The molecular formula is C22H28O3. The molecule has 0 aliphatic carbocycles. The lowest BCUT2D eigenvalue weighted by Gasteiger charge is -2.55. The van der Waals surface area contributed by atoms with Gasteiger partial charge >= 0.3 is 0 Å². The van der Waals surface area contributed by atoms with E-state index in [0.29, 0.717) is 5.56 Å². The van der Waals surface area contributed by atoms with Gasteiger partial charge in [0.2, 0.25) is 0 Å². The molecule has 2 aromatic carbocycles. The van der Waals surface area contributed by atoms with E-state index >= 15 is 0 Å². The average molecular weight is 340 g/mol. The van der Waals surface area contributed by atoms with Crippen LogP contribution in [0, 0.1) is 17.8 Å². The van der Waals surface area contributed by atoms with E-state index in [4.69, 9.17) is 4.74 Å². The minimum absolute atomic E-state index is 0.158. The van der Waals surface area contributed by atoms with Gasteiger partial charge in [0.05, 0.1) is 6.10 Å². The molecule has 0 aromatic heterocycles. The zero-order valence-electron chi connectivity index (χ0n) is 15.4. The lowest BCUT2D eigenvalue weighted by atomic mass is 9.64. The lowest BCUT2D eigenvalue weighted by molar-refractivity contribution is -0.362. The Morgan fingerprint density at radius 3 is 1.80 bits per heavy atom. The summed E-state index contributed by atoms with van der Waals surface area (Å²) in [6.07, 6.45) is -0.272. The molecule has 0 radical (unpaired) electrons. The summed E-state index contributed by atoms with van der Waals surface area (Å²) in [6.45, 7) is 8.01. The van der Waals surface area contributed by atoms with Crippen molar-refractivity contribution < 1.29 is 14.9 Å². The summed E-state index contributed by atoms with van der Waals surface area (Å²) in [7, 11) is 0. The van der Waals surface area contributed by atoms with Gasteiger partial charge in [0.1, 0.15) is 5.60 Å². The van der Waals surface area contributed by atoms with Crippen molar-refractivity contribution >= 4 is 0 Å². The quantitative estimate of drug-likeness (QED) is 0.886. The summed E-state index contributed by atoms with van der Waals surface area (Å²) in [5.74, 6) is -2.08. The highest BCUT2D eigenvalue weighted by Gasteiger charge is 2.60. The maximum absolute atomic E-state index is 11.9. The molecule has 5 unspecified atom stereocenters. The summed E-state index contributed by atoms with van der Waals surface area (Å²) in [6, 6.07) is 19.0. The van der Waals surface area contributed by atoms with E-state index in [1.54, 1.807) is 0 Å². The molecule has 134 valence electrons. The molecule has 0 saturated carbocycles. The first kappa shape index (κ1) is 18.1. The molecule has 25 heavy (non-hydrogen) atoms. The van der Waals surface area contributed by atoms with E-state index in [0.717, 1.165) is 5.56 Å². The van der Waals surface area contributed by atoms with Crippen molar-refractivity contribution in [3.63, 3.8) is 0 Å². The highest BCUT2D eigenvalue weighted by Crippen LogP contribution is 2.53. The van der Waals surface area contributed by atoms with Gasteiger partial charge in [-0.3, -0.25) is 0 Å². The Balaban J connectivity index is 2.17. The Morgan fingerprint density at radius 2 is 1.32 bits per heavy atom. The fourth-order valence-corrected chi connectivity index (χ4v) is 4.28. The van der Waals surface area contributed by atoms with Gasteiger partial charge in [0, 0.05) is 17.4 Å². The first-order valence-corrected chi connectivity index (χ1v) is 9.05. The molecule has 1 aliphatic heterocycles. The third kappa shape index (κ3) is 2.80. The van der Waals surface area contributed by atoms with Crippen molar-refractivity contribution in [3.05, 3.63) is 71.8 Å². The number of hydrogen-bond donors (Lipinski definition) is 2. The summed E-state index contributed by atoms with van der Waals surface area (Å²) in [5.41, 5.74) is 0.298. The molecule has 1 fully saturated rings. The molecule has 1 aliphatic rings. The van der Waals surface area contributed by atoms with Crippen LogP contribution in [-0.2, 0) is 16.1 Å². The maximum atomic E-state index is 11.9. The molecule has 3 heteroatoms. The number of rotatable bonds is 3. The molecule has 1 saturated heterocycles. The van der Waals surface area contributed by atoms with Crippen LogP contribution in [0.2, 0.25) is 0 Å². The minimum Gasteiger partial charge on any atom is -0.384 e. The molecule has 3 nitrogen and oxygen atoms in total. The van der Waals surface area contributed by atoms with E-state index in [-0.39, 0.29) is 17.9 Å². The van der Waals surface area contributed by atoms with Crippen LogP contribution in [0.3, 0.4) is 0 Å². The number of ether oxygens (including phenoxy) is 1. The lowest BCUT2D eigenvalue weighted by Crippen LogP contribution is -2.62.